The average Bonchev–Trinajstić information content (AvgIpc) is 2.02. The molecule has 0 aliphatic heterocycles. The second-order valence-electron chi connectivity index (χ2n) is 2.37. The summed E-state index contributed by atoms with van der Waals surface area (Å²) < 4.78 is 14.3. The van der Waals surface area contributed by atoms with Crippen LogP contribution in [0.15, 0.2) is 27.2 Å². The summed E-state index contributed by atoms with van der Waals surface area (Å²) in [6, 6.07) is 2.87. The molecule has 0 heterocycles. The summed E-state index contributed by atoms with van der Waals surface area (Å²) in [5.41, 5.74) is 0.926. The molecule has 0 saturated heterocycles. The maximum Gasteiger partial charge on any atom is 0.125 e. The van der Waals surface area contributed by atoms with Crippen molar-refractivity contribution in [2.24, 2.45) is 0 Å². The Morgan fingerprint density at radius 1 is 1.31 bits per heavy atom. The standard InChI is InChI=1S/C9H7Br2FS/c10-8-4-6(12)5-9(11)7(8)2-1-3-13/h1-2,4-5,13H,3H2. The summed E-state index contributed by atoms with van der Waals surface area (Å²) in [6.45, 7) is 0. The van der Waals surface area contributed by atoms with E-state index in [4.69, 9.17) is 0 Å². The van der Waals surface area contributed by atoms with Gasteiger partial charge in [0.1, 0.15) is 5.82 Å². The zero-order valence-electron chi connectivity index (χ0n) is 6.60. The van der Waals surface area contributed by atoms with Crippen LogP contribution in [0.2, 0.25) is 0 Å². The summed E-state index contributed by atoms with van der Waals surface area (Å²) in [7, 11) is 0. The van der Waals surface area contributed by atoms with E-state index in [1.165, 1.54) is 12.1 Å². The molecule has 4 heteroatoms. The number of benzene rings is 1. The molecule has 1 aromatic rings. The van der Waals surface area contributed by atoms with Gasteiger partial charge in [0, 0.05) is 20.3 Å². The predicted molar refractivity (Wildman–Crippen MR) is 64.7 cm³/mol. The van der Waals surface area contributed by atoms with Gasteiger partial charge in [0.2, 0.25) is 0 Å². The van der Waals surface area contributed by atoms with Crippen molar-refractivity contribution in [2.75, 3.05) is 5.75 Å². The third-order valence-electron chi connectivity index (χ3n) is 1.43. The van der Waals surface area contributed by atoms with E-state index in [2.05, 4.69) is 44.5 Å². The second kappa shape index (κ2) is 5.17. The highest BCUT2D eigenvalue weighted by Gasteiger charge is 2.03. The van der Waals surface area contributed by atoms with Gasteiger partial charge in [0.25, 0.3) is 0 Å². The van der Waals surface area contributed by atoms with Crippen molar-refractivity contribution < 1.29 is 4.39 Å². The molecule has 0 N–H and O–H groups in total. The Morgan fingerprint density at radius 2 is 1.85 bits per heavy atom. The van der Waals surface area contributed by atoms with E-state index in [1.54, 1.807) is 0 Å². The van der Waals surface area contributed by atoms with E-state index < -0.39 is 0 Å². The van der Waals surface area contributed by atoms with Crippen LogP contribution >= 0.6 is 44.5 Å². The van der Waals surface area contributed by atoms with Crippen LogP contribution in [-0.4, -0.2) is 5.75 Å². The molecular weight excluding hydrogens is 319 g/mol. The molecule has 0 aliphatic carbocycles. The number of rotatable bonds is 2. The van der Waals surface area contributed by atoms with Crippen LogP contribution in [-0.2, 0) is 0 Å². The third kappa shape index (κ3) is 3.11. The fourth-order valence-corrected chi connectivity index (χ4v) is 2.38. The van der Waals surface area contributed by atoms with E-state index in [1.807, 2.05) is 12.2 Å². The third-order valence-corrected chi connectivity index (χ3v) is 2.96. The lowest BCUT2D eigenvalue weighted by molar-refractivity contribution is 0.626. The van der Waals surface area contributed by atoms with Gasteiger partial charge in [-0.3, -0.25) is 0 Å². The van der Waals surface area contributed by atoms with Crippen molar-refractivity contribution in [3.8, 4) is 0 Å². The van der Waals surface area contributed by atoms with E-state index in [9.17, 15) is 4.39 Å². The SMILES string of the molecule is Fc1cc(Br)c(C=CCS)c(Br)c1. The Bertz CT molecular complexity index is 313. The molecule has 0 aromatic heterocycles. The van der Waals surface area contributed by atoms with E-state index in [0.29, 0.717) is 5.75 Å². The number of hydrogen-bond donors (Lipinski definition) is 1. The van der Waals surface area contributed by atoms with Gasteiger partial charge < -0.3 is 0 Å². The maximum absolute atomic E-state index is 12.8. The van der Waals surface area contributed by atoms with Gasteiger partial charge >= 0.3 is 0 Å². The molecule has 13 heavy (non-hydrogen) atoms. The molecule has 1 rings (SSSR count). The predicted octanol–water partition coefficient (Wildman–Crippen LogP) is 4.29. The fourth-order valence-electron chi connectivity index (χ4n) is 0.883. The smallest absolute Gasteiger partial charge is 0.125 e. The largest absolute Gasteiger partial charge is 0.207 e. The minimum Gasteiger partial charge on any atom is -0.207 e. The first-order valence-electron chi connectivity index (χ1n) is 3.57. The Labute approximate surface area is 98.9 Å². The molecule has 0 amide bonds. The highest BCUT2D eigenvalue weighted by molar-refractivity contribution is 9.11. The highest BCUT2D eigenvalue weighted by atomic mass is 79.9. The lowest BCUT2D eigenvalue weighted by Crippen LogP contribution is -1.82. The van der Waals surface area contributed by atoms with Crippen molar-refractivity contribution in [1.82, 2.24) is 0 Å². The van der Waals surface area contributed by atoms with Gasteiger partial charge in [-0.25, -0.2) is 4.39 Å². The molecule has 70 valence electrons. The minimum atomic E-state index is -0.262. The average molecular weight is 326 g/mol. The molecule has 0 radical (unpaired) electrons. The van der Waals surface area contributed by atoms with Crippen LogP contribution in [0.25, 0.3) is 6.08 Å². The summed E-state index contributed by atoms with van der Waals surface area (Å²) >= 11 is 10.6. The Kier molecular flexibility index (Phi) is 4.49. The number of hydrogen-bond acceptors (Lipinski definition) is 1. The van der Waals surface area contributed by atoms with E-state index in [0.717, 1.165) is 14.5 Å². The van der Waals surface area contributed by atoms with Gasteiger partial charge in [-0.1, -0.05) is 44.0 Å². The van der Waals surface area contributed by atoms with Crippen molar-refractivity contribution in [1.29, 1.82) is 0 Å². The number of halogens is 3. The molecule has 0 aliphatic rings. The lowest BCUT2D eigenvalue weighted by Gasteiger charge is -2.02. The summed E-state index contributed by atoms with van der Waals surface area (Å²) in [4.78, 5) is 0. The monoisotopic (exact) mass is 324 g/mol. The Hall–Kier alpha value is 0.200. The van der Waals surface area contributed by atoms with Crippen LogP contribution in [0, 0.1) is 5.82 Å². The first kappa shape index (κ1) is 11.3. The number of thiol groups is 1. The quantitative estimate of drug-likeness (QED) is 0.770. The molecule has 0 fully saturated rings. The van der Waals surface area contributed by atoms with Crippen molar-refractivity contribution in [3.63, 3.8) is 0 Å². The van der Waals surface area contributed by atoms with Crippen LogP contribution in [0.1, 0.15) is 5.56 Å². The summed E-state index contributed by atoms with van der Waals surface area (Å²) in [6.07, 6.45) is 3.78. The molecule has 1 aromatic carbocycles. The molecule has 0 unspecified atom stereocenters. The van der Waals surface area contributed by atoms with Gasteiger partial charge in [-0.05, 0) is 12.1 Å². The van der Waals surface area contributed by atoms with Crippen molar-refractivity contribution in [2.45, 2.75) is 0 Å². The fraction of sp³-hybridized carbons (Fsp3) is 0.111. The summed E-state index contributed by atoms with van der Waals surface area (Å²) in [5.74, 6) is 0.401. The van der Waals surface area contributed by atoms with Crippen LogP contribution in [0.3, 0.4) is 0 Å². The Balaban J connectivity index is 3.13. The Morgan fingerprint density at radius 3 is 2.31 bits per heavy atom. The van der Waals surface area contributed by atoms with Crippen molar-refractivity contribution in [3.05, 3.63) is 38.5 Å². The van der Waals surface area contributed by atoms with Crippen molar-refractivity contribution >= 4 is 50.6 Å². The molecule has 0 spiro atoms. The summed E-state index contributed by atoms with van der Waals surface area (Å²) in [5, 5.41) is 0. The zero-order valence-corrected chi connectivity index (χ0v) is 10.7. The zero-order chi connectivity index (χ0) is 9.84. The molecule has 0 nitrogen and oxygen atoms in total. The highest BCUT2D eigenvalue weighted by Crippen LogP contribution is 2.27. The van der Waals surface area contributed by atoms with Crippen LogP contribution in [0.5, 0.6) is 0 Å². The first-order valence-corrected chi connectivity index (χ1v) is 5.79. The maximum atomic E-state index is 12.8. The van der Waals surface area contributed by atoms with Gasteiger partial charge in [0.05, 0.1) is 0 Å². The topological polar surface area (TPSA) is 0 Å². The minimum absolute atomic E-state index is 0.262. The van der Waals surface area contributed by atoms with Crippen LogP contribution in [0.4, 0.5) is 4.39 Å². The molecular formula is C9H7Br2FS. The van der Waals surface area contributed by atoms with E-state index in [-0.39, 0.29) is 5.82 Å². The van der Waals surface area contributed by atoms with Gasteiger partial charge in [-0.15, -0.1) is 0 Å². The lowest BCUT2D eigenvalue weighted by atomic mass is 10.2. The molecule has 0 bridgehead atoms. The first-order chi connectivity index (χ1) is 6.15. The molecule has 0 saturated carbocycles. The van der Waals surface area contributed by atoms with Gasteiger partial charge in [-0.2, -0.15) is 12.6 Å². The van der Waals surface area contributed by atoms with E-state index >= 15 is 0 Å². The van der Waals surface area contributed by atoms with Gasteiger partial charge in [0.15, 0.2) is 0 Å². The molecule has 0 atom stereocenters. The normalized spacial score (nSPS) is 11.1. The second-order valence-corrected chi connectivity index (χ2v) is 4.44. The van der Waals surface area contributed by atoms with Crippen LogP contribution < -0.4 is 0 Å².